The van der Waals surface area contributed by atoms with E-state index in [9.17, 15) is 0 Å². The van der Waals surface area contributed by atoms with Gasteiger partial charge >= 0.3 is 0 Å². The van der Waals surface area contributed by atoms with E-state index in [2.05, 4.69) is 33.9 Å². The van der Waals surface area contributed by atoms with Crippen molar-refractivity contribution in [2.45, 2.75) is 13.3 Å². The standard InChI is InChI=1S/C13H10BrNO2/c1-2-8-6-9(14)12-10(7-8)15-13(17-12)11-4-3-5-16-11/h3-7H,2H2,1H3. The van der Waals surface area contributed by atoms with Crippen molar-refractivity contribution < 1.29 is 8.83 Å². The maximum atomic E-state index is 5.69. The second kappa shape index (κ2) is 4.04. The van der Waals surface area contributed by atoms with Gasteiger partial charge in [0.1, 0.15) is 5.52 Å². The van der Waals surface area contributed by atoms with Crippen molar-refractivity contribution in [3.05, 3.63) is 40.6 Å². The summed E-state index contributed by atoms with van der Waals surface area (Å²) >= 11 is 3.50. The largest absolute Gasteiger partial charge is 0.459 e. The quantitative estimate of drug-likeness (QED) is 0.702. The monoisotopic (exact) mass is 291 g/mol. The summed E-state index contributed by atoms with van der Waals surface area (Å²) in [5, 5.41) is 0. The molecule has 3 rings (SSSR count). The maximum absolute atomic E-state index is 5.69. The average Bonchev–Trinajstić information content (AvgIpc) is 2.96. The first-order chi connectivity index (χ1) is 8.28. The smallest absolute Gasteiger partial charge is 0.263 e. The molecule has 0 aliphatic rings. The van der Waals surface area contributed by atoms with Crippen molar-refractivity contribution in [1.82, 2.24) is 4.98 Å². The molecule has 2 aromatic heterocycles. The fraction of sp³-hybridized carbons (Fsp3) is 0.154. The first-order valence-electron chi connectivity index (χ1n) is 5.40. The van der Waals surface area contributed by atoms with E-state index < -0.39 is 0 Å². The number of furan rings is 1. The minimum atomic E-state index is 0.513. The van der Waals surface area contributed by atoms with Gasteiger partial charge in [-0.2, -0.15) is 0 Å². The molecule has 17 heavy (non-hydrogen) atoms. The number of rotatable bonds is 2. The van der Waals surface area contributed by atoms with Crippen molar-refractivity contribution in [3.8, 4) is 11.7 Å². The second-order valence-electron chi connectivity index (χ2n) is 3.78. The van der Waals surface area contributed by atoms with Crippen molar-refractivity contribution in [2.75, 3.05) is 0 Å². The molecule has 0 aliphatic heterocycles. The number of oxazole rings is 1. The normalized spacial score (nSPS) is 11.2. The molecule has 2 heterocycles. The van der Waals surface area contributed by atoms with Gasteiger partial charge in [0.15, 0.2) is 11.3 Å². The molecule has 0 saturated carbocycles. The molecule has 0 atom stereocenters. The highest BCUT2D eigenvalue weighted by atomic mass is 79.9. The van der Waals surface area contributed by atoms with E-state index in [0.29, 0.717) is 11.7 Å². The lowest BCUT2D eigenvalue weighted by molar-refractivity contribution is 0.534. The lowest BCUT2D eigenvalue weighted by Gasteiger charge is -1.96. The third-order valence-electron chi connectivity index (χ3n) is 2.64. The van der Waals surface area contributed by atoms with Crippen LogP contribution in [-0.2, 0) is 6.42 Å². The van der Waals surface area contributed by atoms with Gasteiger partial charge in [-0.1, -0.05) is 6.92 Å². The van der Waals surface area contributed by atoms with E-state index in [1.807, 2.05) is 18.2 Å². The number of hydrogen-bond donors (Lipinski definition) is 0. The molecule has 86 valence electrons. The SMILES string of the molecule is CCc1cc(Br)c2oc(-c3ccco3)nc2c1. The zero-order chi connectivity index (χ0) is 11.8. The Morgan fingerprint density at radius 2 is 2.24 bits per heavy atom. The highest BCUT2D eigenvalue weighted by molar-refractivity contribution is 9.10. The van der Waals surface area contributed by atoms with E-state index in [-0.39, 0.29) is 0 Å². The van der Waals surface area contributed by atoms with Crippen LogP contribution in [0.1, 0.15) is 12.5 Å². The fourth-order valence-electron chi connectivity index (χ4n) is 1.76. The van der Waals surface area contributed by atoms with Crippen LogP contribution >= 0.6 is 15.9 Å². The molecule has 0 saturated heterocycles. The molecule has 0 radical (unpaired) electrons. The van der Waals surface area contributed by atoms with Crippen LogP contribution in [0.2, 0.25) is 0 Å². The van der Waals surface area contributed by atoms with Gasteiger partial charge in [0.25, 0.3) is 5.89 Å². The molecule has 3 aromatic rings. The molecular weight excluding hydrogens is 282 g/mol. The van der Waals surface area contributed by atoms with Crippen LogP contribution in [0.3, 0.4) is 0 Å². The van der Waals surface area contributed by atoms with Gasteiger partial charge in [0, 0.05) is 0 Å². The number of hydrogen-bond acceptors (Lipinski definition) is 3. The Bertz CT molecular complexity index is 655. The van der Waals surface area contributed by atoms with Crippen LogP contribution in [0.5, 0.6) is 0 Å². The van der Waals surface area contributed by atoms with Gasteiger partial charge in [0.05, 0.1) is 10.7 Å². The predicted octanol–water partition coefficient (Wildman–Crippen LogP) is 4.41. The third kappa shape index (κ3) is 1.78. The Morgan fingerprint density at radius 3 is 2.94 bits per heavy atom. The van der Waals surface area contributed by atoms with Crippen LogP contribution in [0.15, 0.2) is 43.8 Å². The van der Waals surface area contributed by atoms with Gasteiger partial charge in [-0.3, -0.25) is 0 Å². The van der Waals surface area contributed by atoms with Crippen molar-refractivity contribution in [2.24, 2.45) is 0 Å². The van der Waals surface area contributed by atoms with Crippen LogP contribution in [0.4, 0.5) is 0 Å². The van der Waals surface area contributed by atoms with Crippen LogP contribution in [-0.4, -0.2) is 4.98 Å². The molecule has 0 spiro atoms. The number of aryl methyl sites for hydroxylation is 1. The number of aromatic nitrogens is 1. The van der Waals surface area contributed by atoms with E-state index in [4.69, 9.17) is 8.83 Å². The number of nitrogens with zero attached hydrogens (tertiary/aromatic N) is 1. The van der Waals surface area contributed by atoms with Gasteiger partial charge in [0.2, 0.25) is 0 Å². The van der Waals surface area contributed by atoms with Crippen LogP contribution in [0, 0.1) is 0 Å². The summed E-state index contributed by atoms with van der Waals surface area (Å²) in [6.45, 7) is 2.11. The second-order valence-corrected chi connectivity index (χ2v) is 4.63. The molecular formula is C13H10BrNO2. The molecule has 0 aliphatic carbocycles. The molecule has 0 fully saturated rings. The minimum absolute atomic E-state index is 0.513. The molecule has 0 N–H and O–H groups in total. The minimum Gasteiger partial charge on any atom is -0.459 e. The Hall–Kier alpha value is -1.55. The lowest BCUT2D eigenvalue weighted by atomic mass is 10.1. The highest BCUT2D eigenvalue weighted by Gasteiger charge is 2.13. The van der Waals surface area contributed by atoms with Crippen molar-refractivity contribution >= 4 is 27.0 Å². The topological polar surface area (TPSA) is 39.2 Å². The number of benzene rings is 1. The molecule has 0 unspecified atom stereocenters. The summed E-state index contributed by atoms with van der Waals surface area (Å²) in [4.78, 5) is 4.43. The van der Waals surface area contributed by atoms with Gasteiger partial charge in [-0.15, -0.1) is 0 Å². The molecule has 0 amide bonds. The zero-order valence-corrected chi connectivity index (χ0v) is 10.8. The van der Waals surface area contributed by atoms with Crippen LogP contribution in [0.25, 0.3) is 22.8 Å². The van der Waals surface area contributed by atoms with Gasteiger partial charge in [-0.05, 0) is 52.2 Å². The van der Waals surface area contributed by atoms with E-state index >= 15 is 0 Å². The Labute approximate surface area is 107 Å². The van der Waals surface area contributed by atoms with Gasteiger partial charge in [-0.25, -0.2) is 4.98 Å². The predicted molar refractivity (Wildman–Crippen MR) is 68.8 cm³/mol. The van der Waals surface area contributed by atoms with Crippen molar-refractivity contribution in [1.29, 1.82) is 0 Å². The summed E-state index contributed by atoms with van der Waals surface area (Å²) in [6, 6.07) is 7.74. The summed E-state index contributed by atoms with van der Waals surface area (Å²) < 4.78 is 11.9. The van der Waals surface area contributed by atoms with E-state index in [1.165, 1.54) is 5.56 Å². The summed E-state index contributed by atoms with van der Waals surface area (Å²) in [5.41, 5.74) is 2.83. The summed E-state index contributed by atoms with van der Waals surface area (Å²) in [7, 11) is 0. The van der Waals surface area contributed by atoms with E-state index in [0.717, 1.165) is 22.0 Å². The third-order valence-corrected chi connectivity index (χ3v) is 3.23. The van der Waals surface area contributed by atoms with E-state index in [1.54, 1.807) is 6.26 Å². The molecule has 0 bridgehead atoms. The highest BCUT2D eigenvalue weighted by Crippen LogP contribution is 2.30. The first-order valence-corrected chi connectivity index (χ1v) is 6.20. The van der Waals surface area contributed by atoms with Crippen LogP contribution < -0.4 is 0 Å². The number of fused-ring (bicyclic) bond motifs is 1. The van der Waals surface area contributed by atoms with Gasteiger partial charge < -0.3 is 8.83 Å². The maximum Gasteiger partial charge on any atom is 0.263 e. The fourth-order valence-corrected chi connectivity index (χ4v) is 2.33. The van der Waals surface area contributed by atoms with Crippen molar-refractivity contribution in [3.63, 3.8) is 0 Å². The Balaban J connectivity index is 2.22. The Morgan fingerprint density at radius 1 is 1.35 bits per heavy atom. The Kier molecular flexibility index (Phi) is 2.52. The zero-order valence-electron chi connectivity index (χ0n) is 9.24. The molecule has 4 heteroatoms. The lowest BCUT2D eigenvalue weighted by Crippen LogP contribution is -1.80. The molecule has 3 nitrogen and oxygen atoms in total. The summed E-state index contributed by atoms with van der Waals surface area (Å²) in [5.74, 6) is 1.16. The average molecular weight is 292 g/mol. The molecule has 1 aromatic carbocycles. The first kappa shape index (κ1) is 10.6. The summed E-state index contributed by atoms with van der Waals surface area (Å²) in [6.07, 6.45) is 2.58. The number of halogens is 1.